The summed E-state index contributed by atoms with van der Waals surface area (Å²) in [5, 5.41) is 0. The summed E-state index contributed by atoms with van der Waals surface area (Å²) in [6.45, 7) is 11.1. The van der Waals surface area contributed by atoms with E-state index in [1.165, 1.54) is 16.7 Å². The van der Waals surface area contributed by atoms with Gasteiger partial charge in [-0.3, -0.25) is 0 Å². The Kier molecular flexibility index (Phi) is 4.79. The molecule has 0 radical (unpaired) electrons. The van der Waals surface area contributed by atoms with Crippen LogP contribution >= 0.6 is 0 Å². The molecule has 0 heteroatoms. The number of benzene rings is 1. The highest BCUT2D eigenvalue weighted by atomic mass is 14.1. The van der Waals surface area contributed by atoms with Crippen molar-refractivity contribution in [3.05, 3.63) is 47.0 Å². The first-order chi connectivity index (χ1) is 7.49. The third-order valence-corrected chi connectivity index (χ3v) is 2.82. The van der Waals surface area contributed by atoms with Crippen LogP contribution in [0.25, 0.3) is 0 Å². The van der Waals surface area contributed by atoms with E-state index in [2.05, 4.69) is 65.0 Å². The molecule has 1 atom stereocenters. The van der Waals surface area contributed by atoms with E-state index >= 15 is 0 Å². The first kappa shape index (κ1) is 13.0. The monoisotopic (exact) mass is 216 g/mol. The molecule has 0 aliphatic rings. The van der Waals surface area contributed by atoms with Gasteiger partial charge in [-0.1, -0.05) is 56.7 Å². The van der Waals surface area contributed by atoms with Crippen molar-refractivity contribution in [2.24, 2.45) is 5.92 Å². The smallest absolute Gasteiger partial charge is 0.0218 e. The van der Waals surface area contributed by atoms with Crippen LogP contribution in [0.15, 0.2) is 35.9 Å². The van der Waals surface area contributed by atoms with E-state index < -0.39 is 0 Å². The standard InChI is InChI=1S/C16H24/c1-12(2)10-14(5)11-15-6-8-16(9-7-15)13(3)4/h6-10,13-14H,11H2,1-5H3. The molecule has 0 aromatic heterocycles. The predicted molar refractivity (Wildman–Crippen MR) is 72.8 cm³/mol. The van der Waals surface area contributed by atoms with Crippen LogP contribution in [-0.4, -0.2) is 0 Å². The quantitative estimate of drug-likeness (QED) is 0.624. The fourth-order valence-electron chi connectivity index (χ4n) is 2.04. The van der Waals surface area contributed by atoms with Gasteiger partial charge < -0.3 is 0 Å². The lowest BCUT2D eigenvalue weighted by Crippen LogP contribution is -1.97. The molecule has 16 heavy (non-hydrogen) atoms. The van der Waals surface area contributed by atoms with Gasteiger partial charge in [-0.05, 0) is 43.2 Å². The number of hydrogen-bond donors (Lipinski definition) is 0. The number of rotatable bonds is 4. The molecule has 0 nitrogen and oxygen atoms in total. The fraction of sp³-hybridized carbons (Fsp3) is 0.500. The average molecular weight is 216 g/mol. The SMILES string of the molecule is CC(C)=CC(C)Cc1ccc(C(C)C)cc1. The zero-order chi connectivity index (χ0) is 12.1. The Bertz CT molecular complexity index is 337. The van der Waals surface area contributed by atoms with Gasteiger partial charge in [0.05, 0.1) is 0 Å². The van der Waals surface area contributed by atoms with E-state index in [9.17, 15) is 0 Å². The highest BCUT2D eigenvalue weighted by Crippen LogP contribution is 2.17. The Hall–Kier alpha value is -1.04. The molecular weight excluding hydrogens is 192 g/mol. The lowest BCUT2D eigenvalue weighted by Gasteiger charge is -2.10. The van der Waals surface area contributed by atoms with E-state index in [1.807, 2.05) is 0 Å². The molecule has 0 spiro atoms. The first-order valence-corrected chi connectivity index (χ1v) is 6.23. The summed E-state index contributed by atoms with van der Waals surface area (Å²) >= 11 is 0. The topological polar surface area (TPSA) is 0 Å². The highest BCUT2D eigenvalue weighted by Gasteiger charge is 2.02. The van der Waals surface area contributed by atoms with E-state index in [-0.39, 0.29) is 0 Å². The molecule has 1 aromatic carbocycles. The van der Waals surface area contributed by atoms with Crippen molar-refractivity contribution in [1.82, 2.24) is 0 Å². The second kappa shape index (κ2) is 5.89. The third-order valence-electron chi connectivity index (χ3n) is 2.82. The van der Waals surface area contributed by atoms with E-state index in [0.29, 0.717) is 11.8 Å². The second-order valence-corrected chi connectivity index (χ2v) is 5.32. The van der Waals surface area contributed by atoms with Gasteiger partial charge in [0.2, 0.25) is 0 Å². The average Bonchev–Trinajstić information content (AvgIpc) is 2.16. The zero-order valence-electron chi connectivity index (χ0n) is 11.2. The molecule has 0 saturated heterocycles. The molecule has 0 amide bonds. The summed E-state index contributed by atoms with van der Waals surface area (Å²) < 4.78 is 0. The fourth-order valence-corrected chi connectivity index (χ4v) is 2.04. The predicted octanol–water partition coefficient (Wildman–Crippen LogP) is 4.95. The maximum absolute atomic E-state index is 2.34. The molecule has 1 rings (SSSR count). The molecule has 0 fully saturated rings. The van der Waals surface area contributed by atoms with Gasteiger partial charge in [0, 0.05) is 0 Å². The van der Waals surface area contributed by atoms with Crippen LogP contribution in [0.3, 0.4) is 0 Å². The lowest BCUT2D eigenvalue weighted by molar-refractivity contribution is 0.716. The molecule has 0 N–H and O–H groups in total. The minimum Gasteiger partial charge on any atom is -0.0827 e. The molecule has 0 bridgehead atoms. The van der Waals surface area contributed by atoms with Crippen molar-refractivity contribution < 1.29 is 0 Å². The van der Waals surface area contributed by atoms with Crippen LogP contribution in [0.4, 0.5) is 0 Å². The minimum absolute atomic E-state index is 0.629. The summed E-state index contributed by atoms with van der Waals surface area (Å²) in [5.41, 5.74) is 4.28. The van der Waals surface area contributed by atoms with E-state index in [0.717, 1.165) is 6.42 Å². The Morgan fingerprint density at radius 3 is 2.06 bits per heavy atom. The third kappa shape index (κ3) is 4.22. The van der Waals surface area contributed by atoms with Gasteiger partial charge in [-0.15, -0.1) is 0 Å². The molecule has 88 valence electrons. The van der Waals surface area contributed by atoms with Crippen LogP contribution in [0.5, 0.6) is 0 Å². The van der Waals surface area contributed by atoms with E-state index in [4.69, 9.17) is 0 Å². The Morgan fingerprint density at radius 1 is 1.06 bits per heavy atom. The van der Waals surface area contributed by atoms with Crippen molar-refractivity contribution in [3.63, 3.8) is 0 Å². The van der Waals surface area contributed by atoms with Gasteiger partial charge in [0.1, 0.15) is 0 Å². The normalized spacial score (nSPS) is 12.6. The summed E-state index contributed by atoms with van der Waals surface area (Å²) in [5.74, 6) is 1.26. The summed E-state index contributed by atoms with van der Waals surface area (Å²) in [6.07, 6.45) is 3.49. The van der Waals surface area contributed by atoms with Crippen LogP contribution in [0.1, 0.15) is 51.7 Å². The minimum atomic E-state index is 0.629. The van der Waals surface area contributed by atoms with E-state index in [1.54, 1.807) is 0 Å². The second-order valence-electron chi connectivity index (χ2n) is 5.32. The summed E-state index contributed by atoms with van der Waals surface area (Å²) in [4.78, 5) is 0. The van der Waals surface area contributed by atoms with Crippen molar-refractivity contribution in [2.45, 2.75) is 47.0 Å². The first-order valence-electron chi connectivity index (χ1n) is 6.23. The summed E-state index contributed by atoms with van der Waals surface area (Å²) in [7, 11) is 0. The van der Waals surface area contributed by atoms with Gasteiger partial charge in [-0.25, -0.2) is 0 Å². The molecule has 1 unspecified atom stereocenters. The van der Waals surface area contributed by atoms with Crippen LogP contribution < -0.4 is 0 Å². The van der Waals surface area contributed by atoms with Crippen LogP contribution in [0.2, 0.25) is 0 Å². The maximum Gasteiger partial charge on any atom is -0.0218 e. The molecular formula is C16H24. The van der Waals surface area contributed by atoms with Crippen molar-refractivity contribution >= 4 is 0 Å². The Morgan fingerprint density at radius 2 is 1.62 bits per heavy atom. The van der Waals surface area contributed by atoms with Gasteiger partial charge in [0.15, 0.2) is 0 Å². The highest BCUT2D eigenvalue weighted by molar-refractivity contribution is 5.25. The maximum atomic E-state index is 2.34. The summed E-state index contributed by atoms with van der Waals surface area (Å²) in [6, 6.07) is 9.06. The molecule has 0 aliphatic carbocycles. The van der Waals surface area contributed by atoms with Crippen molar-refractivity contribution in [2.75, 3.05) is 0 Å². The van der Waals surface area contributed by atoms with Gasteiger partial charge >= 0.3 is 0 Å². The van der Waals surface area contributed by atoms with Crippen LogP contribution in [0, 0.1) is 5.92 Å². The Balaban J connectivity index is 2.65. The lowest BCUT2D eigenvalue weighted by atomic mass is 9.96. The van der Waals surface area contributed by atoms with Gasteiger partial charge in [0.25, 0.3) is 0 Å². The molecule has 1 aromatic rings. The number of hydrogen-bond acceptors (Lipinski definition) is 0. The Labute approximate surface area is 100 Å². The molecule has 0 aliphatic heterocycles. The van der Waals surface area contributed by atoms with Crippen molar-refractivity contribution in [1.29, 1.82) is 0 Å². The number of allylic oxidation sites excluding steroid dienone is 2. The largest absolute Gasteiger partial charge is 0.0827 e. The molecule has 0 saturated carbocycles. The van der Waals surface area contributed by atoms with Crippen LogP contribution in [-0.2, 0) is 6.42 Å². The molecule has 0 heterocycles. The van der Waals surface area contributed by atoms with Gasteiger partial charge in [-0.2, -0.15) is 0 Å². The van der Waals surface area contributed by atoms with Crippen molar-refractivity contribution in [3.8, 4) is 0 Å². The zero-order valence-corrected chi connectivity index (χ0v) is 11.2.